The minimum absolute atomic E-state index is 0.0880. The fraction of sp³-hybridized carbons (Fsp3) is 0.818. The molecule has 0 aromatic carbocycles. The molecule has 0 radical (unpaired) electrons. The Bertz CT molecular complexity index is 302. The summed E-state index contributed by atoms with van der Waals surface area (Å²) in [5, 5.41) is 2.72. The van der Waals surface area contributed by atoms with Gasteiger partial charge in [-0.05, 0) is 19.3 Å². The van der Waals surface area contributed by atoms with Crippen molar-refractivity contribution in [3.63, 3.8) is 0 Å². The van der Waals surface area contributed by atoms with E-state index in [0.29, 0.717) is 26.2 Å². The minimum atomic E-state index is -0.391. The van der Waals surface area contributed by atoms with Crippen LogP contribution in [0.2, 0.25) is 0 Å². The molecule has 6 heteroatoms. The highest BCUT2D eigenvalue weighted by atomic mass is 16.5. The van der Waals surface area contributed by atoms with Gasteiger partial charge in [0.1, 0.15) is 6.04 Å². The second kappa shape index (κ2) is 5.46. The van der Waals surface area contributed by atoms with Crippen molar-refractivity contribution in [2.75, 3.05) is 26.9 Å². The molecule has 2 heterocycles. The number of carbonyl (C=O) groups is 2. The number of urea groups is 1. The summed E-state index contributed by atoms with van der Waals surface area (Å²) in [5.74, 6) is -0.124. The van der Waals surface area contributed by atoms with Crippen molar-refractivity contribution in [3.8, 4) is 0 Å². The fourth-order valence-corrected chi connectivity index (χ4v) is 2.25. The summed E-state index contributed by atoms with van der Waals surface area (Å²) in [6, 6.07) is -0.763. The topological polar surface area (TPSA) is 67.9 Å². The molecule has 96 valence electrons. The maximum absolute atomic E-state index is 12.0. The van der Waals surface area contributed by atoms with Gasteiger partial charge in [-0.15, -0.1) is 0 Å². The van der Waals surface area contributed by atoms with E-state index in [4.69, 9.17) is 9.47 Å². The molecule has 2 atom stereocenters. The van der Waals surface area contributed by atoms with Gasteiger partial charge in [-0.25, -0.2) is 4.79 Å². The van der Waals surface area contributed by atoms with E-state index in [2.05, 4.69) is 5.32 Å². The predicted octanol–water partition coefficient (Wildman–Crippen LogP) is 0.122. The molecule has 0 spiro atoms. The van der Waals surface area contributed by atoms with Crippen LogP contribution in [0.5, 0.6) is 0 Å². The zero-order valence-electron chi connectivity index (χ0n) is 9.98. The largest absolute Gasteiger partial charge is 0.385 e. The average Bonchev–Trinajstić information content (AvgIpc) is 2.89. The maximum Gasteiger partial charge on any atom is 0.325 e. The van der Waals surface area contributed by atoms with E-state index in [1.807, 2.05) is 0 Å². The van der Waals surface area contributed by atoms with Crippen molar-refractivity contribution >= 4 is 11.9 Å². The molecule has 2 saturated heterocycles. The summed E-state index contributed by atoms with van der Waals surface area (Å²) in [5.41, 5.74) is 0. The zero-order valence-corrected chi connectivity index (χ0v) is 9.98. The molecule has 2 aliphatic rings. The Balaban J connectivity index is 1.91. The Kier molecular flexibility index (Phi) is 3.96. The van der Waals surface area contributed by atoms with Crippen molar-refractivity contribution in [3.05, 3.63) is 0 Å². The van der Waals surface area contributed by atoms with Crippen molar-refractivity contribution in [2.24, 2.45) is 0 Å². The number of methoxy groups -OCH3 is 1. The average molecular weight is 242 g/mol. The molecule has 0 aromatic heterocycles. The Hall–Kier alpha value is -1.14. The Labute approximate surface area is 100 Å². The number of amides is 3. The van der Waals surface area contributed by atoms with Crippen LogP contribution in [0, 0.1) is 0 Å². The lowest BCUT2D eigenvalue weighted by Crippen LogP contribution is -2.41. The van der Waals surface area contributed by atoms with Gasteiger partial charge in [0.15, 0.2) is 0 Å². The van der Waals surface area contributed by atoms with Crippen LogP contribution in [-0.2, 0) is 14.3 Å². The molecule has 3 amide bonds. The molecule has 2 aliphatic heterocycles. The quantitative estimate of drug-likeness (QED) is 0.549. The second-order valence-electron chi connectivity index (χ2n) is 4.36. The molecule has 1 N–H and O–H groups in total. The van der Waals surface area contributed by atoms with E-state index >= 15 is 0 Å². The highest BCUT2D eigenvalue weighted by molar-refractivity contribution is 6.04. The third-order valence-electron chi connectivity index (χ3n) is 3.16. The van der Waals surface area contributed by atoms with Gasteiger partial charge in [0.25, 0.3) is 5.91 Å². The van der Waals surface area contributed by atoms with E-state index < -0.39 is 6.04 Å². The summed E-state index contributed by atoms with van der Waals surface area (Å²) in [7, 11) is 1.62. The van der Waals surface area contributed by atoms with E-state index in [9.17, 15) is 9.59 Å². The smallest absolute Gasteiger partial charge is 0.325 e. The molecule has 0 aliphatic carbocycles. The monoisotopic (exact) mass is 242 g/mol. The van der Waals surface area contributed by atoms with Crippen molar-refractivity contribution in [1.82, 2.24) is 10.2 Å². The van der Waals surface area contributed by atoms with Crippen LogP contribution < -0.4 is 5.32 Å². The number of nitrogens with one attached hydrogen (secondary N) is 1. The van der Waals surface area contributed by atoms with Crippen LogP contribution in [0.3, 0.4) is 0 Å². The first-order chi connectivity index (χ1) is 8.24. The molecular weight excluding hydrogens is 224 g/mol. The SMILES string of the molecule is COCCCC1NC(=O)N(C2CCOC2)C1=O. The fourth-order valence-electron chi connectivity index (χ4n) is 2.25. The van der Waals surface area contributed by atoms with Crippen LogP contribution in [0.4, 0.5) is 4.79 Å². The van der Waals surface area contributed by atoms with E-state index in [1.165, 1.54) is 4.90 Å². The molecular formula is C11H18N2O4. The Morgan fingerprint density at radius 2 is 2.35 bits per heavy atom. The highest BCUT2D eigenvalue weighted by Gasteiger charge is 2.42. The molecule has 2 rings (SSSR count). The number of rotatable bonds is 5. The Morgan fingerprint density at radius 1 is 1.53 bits per heavy atom. The van der Waals surface area contributed by atoms with Crippen molar-refractivity contribution < 1.29 is 19.1 Å². The van der Waals surface area contributed by atoms with E-state index in [0.717, 1.165) is 12.8 Å². The maximum atomic E-state index is 12.0. The van der Waals surface area contributed by atoms with Crippen LogP contribution in [0.15, 0.2) is 0 Å². The third kappa shape index (κ3) is 2.58. The van der Waals surface area contributed by atoms with Crippen LogP contribution >= 0.6 is 0 Å². The van der Waals surface area contributed by atoms with Gasteiger partial charge in [-0.3, -0.25) is 9.69 Å². The van der Waals surface area contributed by atoms with Crippen LogP contribution in [0.25, 0.3) is 0 Å². The lowest BCUT2D eigenvalue weighted by molar-refractivity contribution is -0.129. The van der Waals surface area contributed by atoms with Gasteiger partial charge in [0.2, 0.25) is 0 Å². The summed E-state index contributed by atoms with van der Waals surface area (Å²) in [6.45, 7) is 1.69. The molecule has 6 nitrogen and oxygen atoms in total. The molecule has 17 heavy (non-hydrogen) atoms. The van der Waals surface area contributed by atoms with E-state index in [1.54, 1.807) is 7.11 Å². The second-order valence-corrected chi connectivity index (χ2v) is 4.36. The zero-order chi connectivity index (χ0) is 12.3. The molecule has 0 saturated carbocycles. The number of ether oxygens (including phenoxy) is 2. The van der Waals surface area contributed by atoms with Gasteiger partial charge in [-0.1, -0.05) is 0 Å². The molecule has 0 bridgehead atoms. The third-order valence-corrected chi connectivity index (χ3v) is 3.16. The minimum Gasteiger partial charge on any atom is -0.385 e. The first-order valence-corrected chi connectivity index (χ1v) is 5.94. The first-order valence-electron chi connectivity index (χ1n) is 5.94. The van der Waals surface area contributed by atoms with Gasteiger partial charge in [0.05, 0.1) is 12.6 Å². The van der Waals surface area contributed by atoms with Crippen LogP contribution in [-0.4, -0.2) is 55.9 Å². The highest BCUT2D eigenvalue weighted by Crippen LogP contribution is 2.19. The first kappa shape index (κ1) is 12.3. The molecule has 2 unspecified atom stereocenters. The predicted molar refractivity (Wildman–Crippen MR) is 59.5 cm³/mol. The number of imide groups is 1. The van der Waals surface area contributed by atoms with Gasteiger partial charge >= 0.3 is 6.03 Å². The summed E-state index contributed by atoms with van der Waals surface area (Å²) < 4.78 is 10.1. The lowest BCUT2D eigenvalue weighted by Gasteiger charge is -2.18. The van der Waals surface area contributed by atoms with Gasteiger partial charge in [0, 0.05) is 20.3 Å². The van der Waals surface area contributed by atoms with E-state index in [-0.39, 0.29) is 18.0 Å². The number of hydrogen-bond acceptors (Lipinski definition) is 4. The Morgan fingerprint density at radius 3 is 3.00 bits per heavy atom. The normalized spacial score (nSPS) is 28.9. The van der Waals surface area contributed by atoms with Crippen LogP contribution in [0.1, 0.15) is 19.3 Å². The lowest BCUT2D eigenvalue weighted by atomic mass is 10.1. The van der Waals surface area contributed by atoms with Crippen molar-refractivity contribution in [1.29, 1.82) is 0 Å². The summed E-state index contributed by atoms with van der Waals surface area (Å²) >= 11 is 0. The molecule has 2 fully saturated rings. The van der Waals surface area contributed by atoms with Gasteiger partial charge in [-0.2, -0.15) is 0 Å². The summed E-state index contributed by atoms with van der Waals surface area (Å²) in [4.78, 5) is 25.1. The summed E-state index contributed by atoms with van der Waals surface area (Å²) in [6.07, 6.45) is 2.13. The van der Waals surface area contributed by atoms with Gasteiger partial charge < -0.3 is 14.8 Å². The number of carbonyl (C=O) groups excluding carboxylic acids is 2. The van der Waals surface area contributed by atoms with Crippen molar-refractivity contribution in [2.45, 2.75) is 31.3 Å². The number of nitrogens with zero attached hydrogens (tertiary/aromatic N) is 1. The number of hydrogen-bond donors (Lipinski definition) is 1. The standard InChI is InChI=1S/C11H18N2O4/c1-16-5-2-3-9-10(14)13(11(15)12-9)8-4-6-17-7-8/h8-9H,2-7H2,1H3,(H,12,15). The molecule has 0 aromatic rings.